The highest BCUT2D eigenvalue weighted by Crippen LogP contribution is 2.44. The summed E-state index contributed by atoms with van der Waals surface area (Å²) in [7, 11) is 0. The molecule has 1 aromatic rings. The Hall–Kier alpha value is -2.18. The Bertz CT molecular complexity index is 712. The summed E-state index contributed by atoms with van der Waals surface area (Å²) < 4.78 is 5.74. The van der Waals surface area contributed by atoms with Crippen LogP contribution in [0.25, 0.3) is 6.08 Å². The van der Waals surface area contributed by atoms with Crippen molar-refractivity contribution < 1.29 is 19.4 Å². The average molecular weight is 370 g/mol. The Morgan fingerprint density at radius 2 is 1.70 bits per heavy atom. The van der Waals surface area contributed by atoms with E-state index in [1.807, 2.05) is 23.1 Å². The number of piperazine rings is 1. The highest BCUT2D eigenvalue weighted by atomic mass is 16.5. The molecule has 0 unspecified atom stereocenters. The molecular formula is C21H26N2O4. The summed E-state index contributed by atoms with van der Waals surface area (Å²) in [4.78, 5) is 28.7. The molecule has 4 rings (SSSR count). The van der Waals surface area contributed by atoms with E-state index in [0.717, 1.165) is 32.5 Å². The molecule has 1 amide bonds. The molecule has 3 aliphatic rings. The molecular weight excluding hydrogens is 344 g/mol. The van der Waals surface area contributed by atoms with Crippen molar-refractivity contribution in [3.63, 3.8) is 0 Å². The van der Waals surface area contributed by atoms with E-state index in [9.17, 15) is 14.7 Å². The Kier molecular flexibility index (Phi) is 5.27. The number of amides is 1. The second kappa shape index (κ2) is 7.82. The van der Waals surface area contributed by atoms with Gasteiger partial charge in [-0.3, -0.25) is 14.5 Å². The number of nitrogens with zero attached hydrogens (tertiary/aromatic N) is 2. The maximum atomic E-state index is 13.0. The number of fused-ring (bicyclic) bond motifs is 2. The van der Waals surface area contributed by atoms with Crippen molar-refractivity contribution in [3.05, 3.63) is 42.0 Å². The third-order valence-electron chi connectivity index (χ3n) is 6.00. The lowest BCUT2D eigenvalue weighted by atomic mass is 9.78. The van der Waals surface area contributed by atoms with Gasteiger partial charge in [-0.1, -0.05) is 42.5 Å². The van der Waals surface area contributed by atoms with E-state index < -0.39 is 17.8 Å². The first-order valence-corrected chi connectivity index (χ1v) is 9.74. The number of hydrogen-bond donors (Lipinski definition) is 1. The monoisotopic (exact) mass is 370 g/mol. The molecule has 4 atom stereocenters. The lowest BCUT2D eigenvalue weighted by Crippen LogP contribution is -2.53. The van der Waals surface area contributed by atoms with Gasteiger partial charge in [0, 0.05) is 32.7 Å². The molecule has 144 valence electrons. The summed E-state index contributed by atoms with van der Waals surface area (Å²) >= 11 is 0. The Morgan fingerprint density at radius 1 is 1.04 bits per heavy atom. The van der Waals surface area contributed by atoms with E-state index in [0.29, 0.717) is 13.1 Å². The topological polar surface area (TPSA) is 70.1 Å². The molecule has 0 aliphatic carbocycles. The van der Waals surface area contributed by atoms with Crippen molar-refractivity contribution in [2.45, 2.75) is 25.0 Å². The van der Waals surface area contributed by atoms with Gasteiger partial charge in [-0.05, 0) is 18.4 Å². The zero-order chi connectivity index (χ0) is 18.8. The van der Waals surface area contributed by atoms with Crippen LogP contribution >= 0.6 is 0 Å². The number of rotatable bonds is 5. The molecule has 2 bridgehead atoms. The molecule has 1 aromatic carbocycles. The quantitative estimate of drug-likeness (QED) is 0.855. The second-order valence-corrected chi connectivity index (χ2v) is 7.62. The first-order chi connectivity index (χ1) is 13.1. The van der Waals surface area contributed by atoms with Gasteiger partial charge >= 0.3 is 5.97 Å². The Morgan fingerprint density at radius 3 is 2.37 bits per heavy atom. The van der Waals surface area contributed by atoms with E-state index in [1.54, 1.807) is 0 Å². The number of carbonyl (C=O) groups excluding carboxylic acids is 1. The smallest absolute Gasteiger partial charge is 0.310 e. The van der Waals surface area contributed by atoms with Crippen LogP contribution in [0.3, 0.4) is 0 Å². The first kappa shape index (κ1) is 18.2. The highest BCUT2D eigenvalue weighted by molar-refractivity contribution is 5.86. The van der Waals surface area contributed by atoms with Crippen molar-refractivity contribution in [1.29, 1.82) is 0 Å². The van der Waals surface area contributed by atoms with Gasteiger partial charge in [-0.2, -0.15) is 0 Å². The standard InChI is InChI=1S/C21H26N2O4/c24-20(18-16-8-9-17(27-16)19(18)21(25)26)23-13-11-22(12-14-23)10-4-7-15-5-2-1-3-6-15/h1-7,16-19H,8-14H2,(H,25,26)/b7-4+/t16-,17-,18+,19-/m0/s1. The zero-order valence-electron chi connectivity index (χ0n) is 15.4. The SMILES string of the molecule is O=C(O)[C@@H]1[C@H](C(=O)N2CCN(C/C=C/c3ccccc3)CC2)[C@@H]2CC[C@@H]1O2. The van der Waals surface area contributed by atoms with Gasteiger partial charge in [0.05, 0.1) is 24.0 Å². The van der Waals surface area contributed by atoms with E-state index >= 15 is 0 Å². The summed E-state index contributed by atoms with van der Waals surface area (Å²) in [5, 5.41) is 9.52. The van der Waals surface area contributed by atoms with Crippen LogP contribution in [0.1, 0.15) is 18.4 Å². The van der Waals surface area contributed by atoms with Crippen LogP contribution in [-0.2, 0) is 14.3 Å². The second-order valence-electron chi connectivity index (χ2n) is 7.62. The number of hydrogen-bond acceptors (Lipinski definition) is 4. The van der Waals surface area contributed by atoms with Gasteiger partial charge in [0.2, 0.25) is 5.91 Å². The van der Waals surface area contributed by atoms with Crippen molar-refractivity contribution >= 4 is 18.0 Å². The van der Waals surface area contributed by atoms with Crippen LogP contribution in [0.2, 0.25) is 0 Å². The molecule has 0 saturated carbocycles. The van der Waals surface area contributed by atoms with Crippen LogP contribution in [0.5, 0.6) is 0 Å². The number of carboxylic acid groups (broad SMARTS) is 1. The average Bonchev–Trinajstić information content (AvgIpc) is 3.30. The van der Waals surface area contributed by atoms with Crippen LogP contribution < -0.4 is 0 Å². The minimum atomic E-state index is -0.898. The Labute approximate surface area is 159 Å². The fourth-order valence-corrected chi connectivity index (χ4v) is 4.57. The van der Waals surface area contributed by atoms with Gasteiger partial charge in [-0.15, -0.1) is 0 Å². The van der Waals surface area contributed by atoms with E-state index in [1.165, 1.54) is 5.56 Å². The highest BCUT2D eigenvalue weighted by Gasteiger charge is 2.56. The van der Waals surface area contributed by atoms with Crippen LogP contribution in [0.15, 0.2) is 36.4 Å². The fraction of sp³-hybridized carbons (Fsp3) is 0.524. The number of aliphatic carboxylic acids is 1. The molecule has 3 saturated heterocycles. The van der Waals surface area contributed by atoms with Crippen LogP contribution in [-0.4, -0.2) is 71.7 Å². The molecule has 6 heteroatoms. The van der Waals surface area contributed by atoms with Gasteiger partial charge in [0.25, 0.3) is 0 Å². The molecule has 1 N–H and O–H groups in total. The minimum Gasteiger partial charge on any atom is -0.481 e. The molecule has 0 radical (unpaired) electrons. The summed E-state index contributed by atoms with van der Waals surface area (Å²) in [5.41, 5.74) is 1.18. The van der Waals surface area contributed by atoms with Gasteiger partial charge in [-0.25, -0.2) is 0 Å². The van der Waals surface area contributed by atoms with Crippen molar-refractivity contribution in [2.75, 3.05) is 32.7 Å². The summed E-state index contributed by atoms with van der Waals surface area (Å²) in [6, 6.07) is 10.2. The summed E-state index contributed by atoms with van der Waals surface area (Å²) in [6.07, 6.45) is 5.32. The zero-order valence-corrected chi connectivity index (χ0v) is 15.4. The van der Waals surface area contributed by atoms with Gasteiger partial charge in [0.1, 0.15) is 0 Å². The maximum Gasteiger partial charge on any atom is 0.310 e. The molecule has 6 nitrogen and oxygen atoms in total. The van der Waals surface area contributed by atoms with Crippen molar-refractivity contribution in [2.24, 2.45) is 11.8 Å². The normalized spacial score (nSPS) is 30.9. The molecule has 3 aliphatic heterocycles. The lowest BCUT2D eigenvalue weighted by Gasteiger charge is -2.37. The molecule has 3 fully saturated rings. The third-order valence-corrected chi connectivity index (χ3v) is 6.00. The van der Waals surface area contributed by atoms with E-state index in [4.69, 9.17) is 4.74 Å². The first-order valence-electron chi connectivity index (χ1n) is 9.74. The molecule has 0 aromatic heterocycles. The predicted octanol–water partition coefficient (Wildman–Crippen LogP) is 1.72. The van der Waals surface area contributed by atoms with E-state index in [-0.39, 0.29) is 18.1 Å². The number of carbonyl (C=O) groups is 2. The van der Waals surface area contributed by atoms with Crippen LogP contribution in [0.4, 0.5) is 0 Å². The molecule has 27 heavy (non-hydrogen) atoms. The number of ether oxygens (including phenoxy) is 1. The van der Waals surface area contributed by atoms with Crippen molar-refractivity contribution in [1.82, 2.24) is 9.80 Å². The number of carboxylic acids is 1. The fourth-order valence-electron chi connectivity index (χ4n) is 4.57. The van der Waals surface area contributed by atoms with Crippen LogP contribution in [0, 0.1) is 11.8 Å². The largest absolute Gasteiger partial charge is 0.481 e. The van der Waals surface area contributed by atoms with Gasteiger partial charge in [0.15, 0.2) is 0 Å². The van der Waals surface area contributed by atoms with Gasteiger partial charge < -0.3 is 14.7 Å². The number of benzene rings is 1. The molecule has 3 heterocycles. The Balaban J connectivity index is 1.29. The maximum absolute atomic E-state index is 13.0. The molecule has 0 spiro atoms. The minimum absolute atomic E-state index is 0.0333. The lowest BCUT2D eigenvalue weighted by molar-refractivity contribution is -0.151. The summed E-state index contributed by atoms with van der Waals surface area (Å²) in [6.45, 7) is 3.77. The predicted molar refractivity (Wildman–Crippen MR) is 101 cm³/mol. The third kappa shape index (κ3) is 3.77. The van der Waals surface area contributed by atoms with Crippen molar-refractivity contribution in [3.8, 4) is 0 Å². The van der Waals surface area contributed by atoms with E-state index in [2.05, 4.69) is 29.2 Å². The summed E-state index contributed by atoms with van der Waals surface area (Å²) in [5.74, 6) is -2.12.